The van der Waals surface area contributed by atoms with Crippen molar-refractivity contribution in [3.05, 3.63) is 59.7 Å². The minimum absolute atomic E-state index is 0.304. The van der Waals surface area contributed by atoms with Gasteiger partial charge >= 0.3 is 0 Å². The molecule has 2 heteroatoms. The first-order valence-corrected chi connectivity index (χ1v) is 10.6. The maximum absolute atomic E-state index is 13.1. The Balaban J connectivity index is 1.63. The van der Waals surface area contributed by atoms with E-state index < -0.39 is 0 Å². The van der Waals surface area contributed by atoms with E-state index in [0.717, 1.165) is 18.4 Å². The van der Waals surface area contributed by atoms with Crippen LogP contribution in [0.2, 0.25) is 0 Å². The molecule has 0 radical (unpaired) electrons. The first kappa shape index (κ1) is 14.5. The second-order valence-corrected chi connectivity index (χ2v) is 9.56. The molecule has 0 bridgehead atoms. The molecule has 3 aromatic rings. The van der Waals surface area contributed by atoms with Crippen LogP contribution >= 0.6 is 0 Å². The number of carbonyl (C=O) groups is 1. The highest BCUT2D eigenvalue weighted by molar-refractivity contribution is 7.98. The second kappa shape index (κ2) is 5.63. The maximum Gasteiger partial charge on any atom is 0.215 e. The largest absolute Gasteiger partial charge is 0.288 e. The Kier molecular flexibility index (Phi) is 3.41. The van der Waals surface area contributed by atoms with Crippen molar-refractivity contribution in [1.82, 2.24) is 0 Å². The molecule has 1 heterocycles. The zero-order chi connectivity index (χ0) is 16.1. The van der Waals surface area contributed by atoms with Crippen LogP contribution in [0.1, 0.15) is 35.2 Å². The first-order chi connectivity index (χ1) is 11.8. The van der Waals surface area contributed by atoms with Crippen LogP contribution in [-0.2, 0) is 17.3 Å². The van der Waals surface area contributed by atoms with E-state index in [1.54, 1.807) is 0 Å². The van der Waals surface area contributed by atoms with Crippen molar-refractivity contribution in [3.63, 3.8) is 0 Å². The summed E-state index contributed by atoms with van der Waals surface area (Å²) >= 11 is 0. The van der Waals surface area contributed by atoms with Crippen molar-refractivity contribution in [1.29, 1.82) is 0 Å². The van der Waals surface area contributed by atoms with Crippen LogP contribution in [0.3, 0.4) is 0 Å². The van der Waals surface area contributed by atoms with E-state index in [2.05, 4.69) is 48.5 Å². The topological polar surface area (TPSA) is 17.1 Å². The lowest BCUT2D eigenvalue weighted by Gasteiger charge is -2.22. The molecule has 0 spiro atoms. The summed E-state index contributed by atoms with van der Waals surface area (Å²) in [4.78, 5) is 13.1. The molecule has 1 fully saturated rings. The molecule has 1 atom stereocenters. The Morgan fingerprint density at radius 3 is 2.21 bits per heavy atom. The molecule has 3 aromatic carbocycles. The smallest absolute Gasteiger partial charge is 0.215 e. The van der Waals surface area contributed by atoms with Gasteiger partial charge in [0.05, 0.1) is 0 Å². The number of rotatable bonds is 1. The average Bonchev–Trinajstić information content (AvgIpc) is 3.13. The van der Waals surface area contributed by atoms with Crippen LogP contribution in [-0.4, -0.2) is 22.5 Å². The molecule has 1 aliphatic carbocycles. The number of hydrogen-bond acceptors (Lipinski definition) is 1. The molecule has 0 N–H and O–H groups in total. The summed E-state index contributed by atoms with van der Waals surface area (Å²) in [5.41, 5.74) is 2.27. The van der Waals surface area contributed by atoms with E-state index in [1.807, 2.05) is 0 Å². The lowest BCUT2D eigenvalue weighted by Crippen LogP contribution is -2.36. The summed E-state index contributed by atoms with van der Waals surface area (Å²) in [6, 6.07) is 17.4. The fraction of sp³-hybridized carbons (Fsp3) is 0.318. The van der Waals surface area contributed by atoms with Gasteiger partial charge in [0.15, 0.2) is 5.25 Å². The number of hydrogen-bond donors (Lipinski definition) is 0. The Bertz CT molecular complexity index is 953. The molecule has 0 aromatic heterocycles. The molecule has 1 unspecified atom stereocenters. The van der Waals surface area contributed by atoms with E-state index in [0.29, 0.717) is 21.9 Å². The predicted octanol–water partition coefficient (Wildman–Crippen LogP) is 4.90. The Labute approximate surface area is 145 Å². The van der Waals surface area contributed by atoms with Crippen LogP contribution < -0.4 is 0 Å². The molecule has 1 saturated heterocycles. The minimum Gasteiger partial charge on any atom is -0.288 e. The minimum atomic E-state index is 0.304. The molecule has 2 aliphatic rings. The van der Waals surface area contributed by atoms with E-state index in [-0.39, 0.29) is 0 Å². The molecule has 1 aliphatic heterocycles. The van der Waals surface area contributed by atoms with Gasteiger partial charge in [-0.1, -0.05) is 30.3 Å². The molecular weight excluding hydrogens is 312 g/mol. The third kappa shape index (κ3) is 2.28. The van der Waals surface area contributed by atoms with Gasteiger partial charge in [0.25, 0.3) is 0 Å². The van der Waals surface area contributed by atoms with Gasteiger partial charge in [0, 0.05) is 12.0 Å². The van der Waals surface area contributed by atoms with E-state index in [9.17, 15) is 4.79 Å². The molecule has 120 valence electrons. The molecular formula is C22H21OS+. The predicted molar refractivity (Wildman–Crippen MR) is 104 cm³/mol. The van der Waals surface area contributed by atoms with Crippen LogP contribution in [0.25, 0.3) is 21.5 Å². The Morgan fingerprint density at radius 1 is 0.833 bits per heavy atom. The summed E-state index contributed by atoms with van der Waals surface area (Å²) in [5.74, 6) is 2.99. The zero-order valence-electron chi connectivity index (χ0n) is 13.8. The number of Topliss-reactive ketones (excluding diaryl/α,β-unsaturated/α-hetero) is 1. The summed E-state index contributed by atoms with van der Waals surface area (Å²) < 4.78 is 0. The van der Waals surface area contributed by atoms with Gasteiger partial charge in [-0.25, -0.2) is 0 Å². The maximum atomic E-state index is 13.1. The van der Waals surface area contributed by atoms with E-state index in [1.165, 1.54) is 51.5 Å². The van der Waals surface area contributed by atoms with Gasteiger partial charge in [0.1, 0.15) is 11.5 Å². The van der Waals surface area contributed by atoms with E-state index in [4.69, 9.17) is 0 Å². The SMILES string of the molecule is O=C1c2cc3cc4ccccc4cc3cc2CCC1[S+]1CCCC1. The molecule has 0 amide bonds. The summed E-state index contributed by atoms with van der Waals surface area (Å²) in [6.45, 7) is 0. The van der Waals surface area contributed by atoms with Crippen molar-refractivity contribution < 1.29 is 4.79 Å². The third-order valence-corrected chi connectivity index (χ3v) is 8.51. The zero-order valence-corrected chi connectivity index (χ0v) is 14.6. The number of aryl methyl sites for hydroxylation is 1. The fourth-order valence-electron chi connectivity index (χ4n) is 4.35. The van der Waals surface area contributed by atoms with Crippen LogP contribution in [0.5, 0.6) is 0 Å². The molecule has 5 rings (SSSR count). The van der Waals surface area contributed by atoms with Crippen LogP contribution in [0.4, 0.5) is 0 Å². The highest BCUT2D eigenvalue weighted by Crippen LogP contribution is 2.33. The van der Waals surface area contributed by atoms with Gasteiger partial charge < -0.3 is 0 Å². The summed E-state index contributed by atoms with van der Waals surface area (Å²) in [6.07, 6.45) is 4.78. The van der Waals surface area contributed by atoms with Crippen molar-refractivity contribution >= 4 is 38.2 Å². The van der Waals surface area contributed by atoms with Crippen molar-refractivity contribution in [2.45, 2.75) is 30.9 Å². The third-order valence-electron chi connectivity index (χ3n) is 5.63. The molecule has 1 nitrogen and oxygen atoms in total. The number of ketones is 1. The monoisotopic (exact) mass is 333 g/mol. The van der Waals surface area contributed by atoms with Gasteiger partial charge in [-0.2, -0.15) is 0 Å². The van der Waals surface area contributed by atoms with Crippen molar-refractivity contribution in [2.75, 3.05) is 11.5 Å². The van der Waals surface area contributed by atoms with Crippen molar-refractivity contribution in [3.8, 4) is 0 Å². The van der Waals surface area contributed by atoms with Gasteiger partial charge in [-0.3, -0.25) is 4.79 Å². The van der Waals surface area contributed by atoms with Gasteiger partial charge in [-0.15, -0.1) is 0 Å². The highest BCUT2D eigenvalue weighted by Gasteiger charge is 2.42. The Hall–Kier alpha value is -1.80. The Morgan fingerprint density at radius 2 is 1.50 bits per heavy atom. The number of carbonyl (C=O) groups excluding carboxylic acids is 1. The molecule has 0 saturated carbocycles. The highest BCUT2D eigenvalue weighted by atomic mass is 32.2. The number of fused-ring (bicyclic) bond motifs is 3. The van der Waals surface area contributed by atoms with Crippen molar-refractivity contribution in [2.24, 2.45) is 0 Å². The van der Waals surface area contributed by atoms with Gasteiger partial charge in [-0.05, 0) is 75.5 Å². The summed E-state index contributed by atoms with van der Waals surface area (Å²) in [7, 11) is 0.343. The standard InChI is InChI=1S/C22H21OS/c23-22-20-14-19-12-16-6-2-1-5-15(16)11-18(19)13-17(20)7-8-21(22)24-9-3-4-10-24/h1-2,5-6,11-14,21H,3-4,7-10H2/q+1. The lowest BCUT2D eigenvalue weighted by molar-refractivity contribution is 0.0978. The number of benzene rings is 3. The molecule has 24 heavy (non-hydrogen) atoms. The normalized spacial score (nSPS) is 21.5. The van der Waals surface area contributed by atoms with Gasteiger partial charge in [0.2, 0.25) is 5.78 Å². The van der Waals surface area contributed by atoms with Crippen LogP contribution in [0, 0.1) is 0 Å². The second-order valence-electron chi connectivity index (χ2n) is 7.10. The van der Waals surface area contributed by atoms with Crippen LogP contribution in [0.15, 0.2) is 48.5 Å². The first-order valence-electron chi connectivity index (χ1n) is 8.95. The van der Waals surface area contributed by atoms with E-state index >= 15 is 0 Å². The quantitative estimate of drug-likeness (QED) is 0.457. The summed E-state index contributed by atoms with van der Waals surface area (Å²) in [5, 5.41) is 5.30. The average molecular weight is 333 g/mol. The lowest BCUT2D eigenvalue weighted by atomic mass is 9.87. The fourth-order valence-corrected chi connectivity index (χ4v) is 7.15.